The molecular weight excluding hydrogens is 511 g/mol. The Kier molecular flexibility index (Phi) is 6.04. The summed E-state index contributed by atoms with van der Waals surface area (Å²) in [4.78, 5) is 14.8. The van der Waals surface area contributed by atoms with Crippen molar-refractivity contribution in [3.63, 3.8) is 0 Å². The van der Waals surface area contributed by atoms with Gasteiger partial charge >= 0.3 is 18.0 Å². The smallest absolute Gasteiger partial charge is 0.336 e. The summed E-state index contributed by atoms with van der Waals surface area (Å²) >= 11 is 0. The highest BCUT2D eigenvalue weighted by atomic mass is 19.4. The summed E-state index contributed by atoms with van der Waals surface area (Å²) in [7, 11) is 0. The first-order valence-corrected chi connectivity index (χ1v) is 12.7. The van der Waals surface area contributed by atoms with Gasteiger partial charge in [-0.2, -0.15) is 26.3 Å². The van der Waals surface area contributed by atoms with Crippen molar-refractivity contribution in [1.82, 2.24) is 4.90 Å². The van der Waals surface area contributed by atoms with E-state index in [0.29, 0.717) is 43.0 Å². The van der Waals surface area contributed by atoms with Crippen molar-refractivity contribution in [2.24, 2.45) is 11.8 Å². The number of carbonyl (C=O) groups excluding carboxylic acids is 1. The molecule has 1 saturated carbocycles. The van der Waals surface area contributed by atoms with E-state index in [2.05, 4.69) is 6.58 Å². The minimum Gasteiger partial charge on any atom is -0.336 e. The number of benzene rings is 2. The second kappa shape index (κ2) is 8.58. The van der Waals surface area contributed by atoms with Gasteiger partial charge in [-0.25, -0.2) is 4.39 Å². The Balaban J connectivity index is 1.56. The number of halogens is 7. The quantitative estimate of drug-likeness (QED) is 0.360. The first-order valence-electron chi connectivity index (χ1n) is 12.7. The standard InChI is InChI=1S/C29H28F7NO/c1-4-24(38)37-15-20(11-17-5-7-18(8-6-17)16(2)3)25-23-10-9-21(12-19(23)13-22-14-26(22,25)37)27(30,28(31,32)33)29(34,35)36/h5-10,12,20,22,25H,2,4,11,13-15H2,1,3H3/t20?,22?,25-,26?/m0/s1. The highest BCUT2D eigenvalue weighted by Crippen LogP contribution is 2.68. The van der Waals surface area contributed by atoms with E-state index in [0.717, 1.165) is 22.8 Å². The van der Waals surface area contributed by atoms with E-state index in [9.17, 15) is 35.5 Å². The Morgan fingerprint density at radius 3 is 2.21 bits per heavy atom. The van der Waals surface area contributed by atoms with Crippen LogP contribution >= 0.6 is 0 Å². The number of likely N-dealkylation sites (tertiary alicyclic amines) is 1. The van der Waals surface area contributed by atoms with Crippen LogP contribution in [0.1, 0.15) is 60.4 Å². The van der Waals surface area contributed by atoms with Gasteiger partial charge < -0.3 is 4.90 Å². The van der Waals surface area contributed by atoms with Crippen LogP contribution in [-0.2, 0) is 23.3 Å². The predicted molar refractivity (Wildman–Crippen MR) is 129 cm³/mol. The molecular formula is C29H28F7NO. The highest BCUT2D eigenvalue weighted by Gasteiger charge is 2.74. The average molecular weight is 540 g/mol. The summed E-state index contributed by atoms with van der Waals surface area (Å²) in [5.41, 5.74) is -3.58. The van der Waals surface area contributed by atoms with Crippen molar-refractivity contribution in [1.29, 1.82) is 0 Å². The van der Waals surface area contributed by atoms with E-state index in [1.54, 1.807) is 6.92 Å². The van der Waals surface area contributed by atoms with Crippen LogP contribution in [0.25, 0.3) is 5.57 Å². The monoisotopic (exact) mass is 539 g/mol. The SMILES string of the molecule is C=C(C)c1ccc(CC2CN(C(=O)CC)C34CC3Cc3cc(C(F)(C(F)(F)F)C(F)(F)F)ccc3[C@H]24)cc1. The summed E-state index contributed by atoms with van der Waals surface area (Å²) in [6, 6.07) is 10.5. The van der Waals surface area contributed by atoms with Crippen molar-refractivity contribution in [3.05, 3.63) is 76.9 Å². The van der Waals surface area contributed by atoms with Crippen LogP contribution in [-0.4, -0.2) is 35.2 Å². The van der Waals surface area contributed by atoms with Gasteiger partial charge in [-0.15, -0.1) is 0 Å². The largest absolute Gasteiger partial charge is 0.435 e. The average Bonchev–Trinajstić information content (AvgIpc) is 3.47. The van der Waals surface area contributed by atoms with Crippen molar-refractivity contribution in [2.75, 3.05) is 6.54 Å². The van der Waals surface area contributed by atoms with Gasteiger partial charge in [0.15, 0.2) is 0 Å². The molecule has 0 N–H and O–H groups in total. The van der Waals surface area contributed by atoms with Crippen LogP contribution in [0.4, 0.5) is 30.7 Å². The predicted octanol–water partition coefficient (Wildman–Crippen LogP) is 7.52. The van der Waals surface area contributed by atoms with E-state index < -0.39 is 29.1 Å². The third-order valence-electron chi connectivity index (χ3n) is 8.72. The second-order valence-corrected chi connectivity index (χ2v) is 10.9. The molecule has 1 amide bonds. The van der Waals surface area contributed by atoms with E-state index >= 15 is 0 Å². The summed E-state index contributed by atoms with van der Waals surface area (Å²) in [6.45, 7) is 8.06. The number of nitrogens with zero attached hydrogens (tertiary/aromatic N) is 1. The number of rotatable bonds is 5. The normalized spacial score (nSPS) is 26.4. The van der Waals surface area contributed by atoms with E-state index in [-0.39, 0.29) is 30.1 Å². The zero-order valence-corrected chi connectivity index (χ0v) is 21.0. The summed E-state index contributed by atoms with van der Waals surface area (Å²) in [6.07, 6.45) is -10.6. The molecule has 2 fully saturated rings. The fraction of sp³-hybridized carbons (Fsp3) is 0.483. The fourth-order valence-electron chi connectivity index (χ4n) is 6.89. The molecule has 2 aromatic rings. The number of hydrogen-bond donors (Lipinski definition) is 0. The summed E-state index contributed by atoms with van der Waals surface area (Å²) < 4.78 is 95.4. The number of fused-ring (bicyclic) bond motifs is 2. The van der Waals surface area contributed by atoms with Crippen LogP contribution in [0.2, 0.25) is 0 Å². The first kappa shape index (κ1) is 26.8. The molecule has 3 aliphatic rings. The number of alkyl halides is 7. The van der Waals surface area contributed by atoms with Crippen LogP contribution < -0.4 is 0 Å². The molecule has 2 aromatic carbocycles. The summed E-state index contributed by atoms with van der Waals surface area (Å²) in [5, 5.41) is 0. The van der Waals surface area contributed by atoms with Crippen molar-refractivity contribution in [2.45, 2.75) is 69.0 Å². The van der Waals surface area contributed by atoms with Crippen LogP contribution in [0.3, 0.4) is 0 Å². The summed E-state index contributed by atoms with van der Waals surface area (Å²) in [5.74, 6) is -0.453. The maximum absolute atomic E-state index is 14.8. The van der Waals surface area contributed by atoms with Gasteiger partial charge in [0.25, 0.3) is 0 Å². The molecule has 9 heteroatoms. The highest BCUT2D eigenvalue weighted by molar-refractivity contribution is 5.79. The Labute approximate surface area is 216 Å². The molecule has 0 bridgehead atoms. The van der Waals surface area contributed by atoms with Gasteiger partial charge in [0.2, 0.25) is 5.91 Å². The Hall–Kier alpha value is -2.84. The molecule has 4 atom stereocenters. The lowest BCUT2D eigenvalue weighted by molar-refractivity contribution is -0.348. The molecule has 0 radical (unpaired) electrons. The number of hydrogen-bond acceptors (Lipinski definition) is 1. The van der Waals surface area contributed by atoms with E-state index in [1.165, 1.54) is 6.07 Å². The lowest BCUT2D eigenvalue weighted by atomic mass is 9.72. The molecule has 5 rings (SSSR count). The zero-order chi connectivity index (χ0) is 27.8. The Morgan fingerprint density at radius 2 is 1.66 bits per heavy atom. The minimum absolute atomic E-state index is 0.0189. The number of carbonyl (C=O) groups is 1. The molecule has 2 nitrogen and oxygen atoms in total. The third-order valence-corrected chi connectivity index (χ3v) is 8.72. The minimum atomic E-state index is -6.16. The Morgan fingerprint density at radius 1 is 1.03 bits per heavy atom. The molecule has 2 aliphatic carbocycles. The van der Waals surface area contributed by atoms with Gasteiger partial charge in [0, 0.05) is 24.4 Å². The first-order chi connectivity index (χ1) is 17.6. The fourth-order valence-corrected chi connectivity index (χ4v) is 6.89. The van der Waals surface area contributed by atoms with Gasteiger partial charge in [-0.05, 0) is 60.3 Å². The topological polar surface area (TPSA) is 20.3 Å². The molecule has 3 unspecified atom stereocenters. The molecule has 204 valence electrons. The maximum atomic E-state index is 14.8. The third kappa shape index (κ3) is 3.79. The van der Waals surface area contributed by atoms with Gasteiger partial charge in [0.05, 0.1) is 5.54 Å². The lowest BCUT2D eigenvalue weighted by Gasteiger charge is -2.36. The molecule has 38 heavy (non-hydrogen) atoms. The maximum Gasteiger partial charge on any atom is 0.435 e. The number of amides is 1. The van der Waals surface area contributed by atoms with Gasteiger partial charge in [0.1, 0.15) is 0 Å². The van der Waals surface area contributed by atoms with Crippen LogP contribution in [0.15, 0.2) is 49.0 Å². The Bertz CT molecular complexity index is 1270. The number of allylic oxidation sites excluding steroid dienone is 1. The molecule has 1 aliphatic heterocycles. The van der Waals surface area contributed by atoms with Gasteiger partial charge in [-0.1, -0.05) is 61.5 Å². The van der Waals surface area contributed by atoms with Crippen molar-refractivity contribution >= 4 is 11.5 Å². The van der Waals surface area contributed by atoms with E-state index in [1.807, 2.05) is 36.1 Å². The van der Waals surface area contributed by atoms with Crippen LogP contribution in [0, 0.1) is 11.8 Å². The lowest BCUT2D eigenvalue weighted by Crippen LogP contribution is -2.50. The van der Waals surface area contributed by atoms with Crippen molar-refractivity contribution < 1.29 is 35.5 Å². The zero-order valence-electron chi connectivity index (χ0n) is 21.0. The van der Waals surface area contributed by atoms with Crippen LogP contribution in [0.5, 0.6) is 0 Å². The second-order valence-electron chi connectivity index (χ2n) is 10.9. The molecule has 1 spiro atoms. The molecule has 1 saturated heterocycles. The van der Waals surface area contributed by atoms with Gasteiger partial charge in [-0.3, -0.25) is 4.79 Å². The van der Waals surface area contributed by atoms with Crippen molar-refractivity contribution in [3.8, 4) is 0 Å². The molecule has 0 aromatic heterocycles. The molecule has 1 heterocycles. The van der Waals surface area contributed by atoms with E-state index in [4.69, 9.17) is 0 Å².